The van der Waals surface area contributed by atoms with E-state index in [-0.39, 0.29) is 6.10 Å². The molecule has 0 saturated heterocycles. The molecule has 0 saturated carbocycles. The lowest BCUT2D eigenvalue weighted by atomic mass is 9.97. The smallest absolute Gasteiger partial charge is 0.137 e. The number of hydrogen-bond acceptors (Lipinski definition) is 3. The van der Waals surface area contributed by atoms with Gasteiger partial charge < -0.3 is 9.84 Å². The molecule has 0 bridgehead atoms. The fourth-order valence-electron chi connectivity index (χ4n) is 3.41. The van der Waals surface area contributed by atoms with Crippen LogP contribution in [-0.4, -0.2) is 20.6 Å². The Morgan fingerprint density at radius 2 is 1.48 bits per heavy atom. The molecule has 148 valence electrons. The number of nitrogens with zero attached hydrogens (tertiary/aromatic N) is 2. The molecule has 0 radical (unpaired) electrons. The third-order valence-electron chi connectivity index (χ3n) is 4.95. The summed E-state index contributed by atoms with van der Waals surface area (Å²) in [4.78, 5) is 4.54. The van der Waals surface area contributed by atoms with E-state index >= 15 is 0 Å². The van der Waals surface area contributed by atoms with Crippen molar-refractivity contribution in [1.82, 2.24) is 9.38 Å². The molecule has 0 atom stereocenters. The zero-order chi connectivity index (χ0) is 20.6. The number of benzene rings is 2. The van der Waals surface area contributed by atoms with Gasteiger partial charge in [-0.25, -0.2) is 4.98 Å². The number of imidazole rings is 1. The fourth-order valence-corrected chi connectivity index (χ4v) is 3.41. The third kappa shape index (κ3) is 4.03. The van der Waals surface area contributed by atoms with Gasteiger partial charge in [0.05, 0.1) is 23.6 Å². The maximum atomic E-state index is 10.2. The van der Waals surface area contributed by atoms with Gasteiger partial charge in [0.1, 0.15) is 11.4 Å². The minimum atomic E-state index is -0.851. The highest BCUT2D eigenvalue weighted by Gasteiger charge is 2.16. The van der Waals surface area contributed by atoms with Crippen LogP contribution in [0.5, 0.6) is 5.75 Å². The Kier molecular flexibility index (Phi) is 4.89. The summed E-state index contributed by atoms with van der Waals surface area (Å²) in [6.45, 7) is 7.63. The molecule has 0 spiro atoms. The molecule has 0 aliphatic heterocycles. The van der Waals surface area contributed by atoms with Crippen LogP contribution < -0.4 is 4.74 Å². The van der Waals surface area contributed by atoms with E-state index in [9.17, 15) is 5.11 Å². The quantitative estimate of drug-likeness (QED) is 0.480. The van der Waals surface area contributed by atoms with Crippen molar-refractivity contribution in [2.24, 2.45) is 0 Å². The lowest BCUT2D eigenvalue weighted by Crippen LogP contribution is -2.14. The van der Waals surface area contributed by atoms with Crippen molar-refractivity contribution in [3.05, 3.63) is 78.6 Å². The van der Waals surface area contributed by atoms with E-state index in [1.165, 1.54) is 0 Å². The van der Waals surface area contributed by atoms with E-state index in [4.69, 9.17) is 4.74 Å². The SMILES string of the molecule is CC(C)Oc1ccc(-c2ccc3ncc(-c4ccc(C(C)(C)O)cc4)n3c2)cc1. The second-order valence-electron chi connectivity index (χ2n) is 8.12. The largest absolute Gasteiger partial charge is 0.491 e. The Morgan fingerprint density at radius 3 is 2.10 bits per heavy atom. The first-order chi connectivity index (χ1) is 13.8. The van der Waals surface area contributed by atoms with E-state index < -0.39 is 5.60 Å². The zero-order valence-corrected chi connectivity index (χ0v) is 17.3. The average Bonchev–Trinajstić information content (AvgIpc) is 3.11. The topological polar surface area (TPSA) is 46.8 Å². The lowest BCUT2D eigenvalue weighted by molar-refractivity contribution is 0.0786. The summed E-state index contributed by atoms with van der Waals surface area (Å²) in [7, 11) is 0. The van der Waals surface area contributed by atoms with E-state index in [1.54, 1.807) is 13.8 Å². The zero-order valence-electron chi connectivity index (χ0n) is 17.3. The Morgan fingerprint density at radius 1 is 0.862 bits per heavy atom. The highest BCUT2D eigenvalue weighted by Crippen LogP contribution is 2.28. The van der Waals surface area contributed by atoms with Gasteiger partial charge in [-0.15, -0.1) is 0 Å². The van der Waals surface area contributed by atoms with Crippen molar-refractivity contribution in [2.75, 3.05) is 0 Å². The number of rotatable bonds is 5. The van der Waals surface area contributed by atoms with Gasteiger partial charge >= 0.3 is 0 Å². The van der Waals surface area contributed by atoms with Crippen LogP contribution in [-0.2, 0) is 5.60 Å². The van der Waals surface area contributed by atoms with Gasteiger partial charge in [0, 0.05) is 11.8 Å². The maximum absolute atomic E-state index is 10.2. The predicted octanol–water partition coefficient (Wildman–Crippen LogP) is 5.68. The van der Waals surface area contributed by atoms with Crippen LogP contribution in [0.4, 0.5) is 0 Å². The highest BCUT2D eigenvalue weighted by molar-refractivity contribution is 5.69. The molecule has 4 heteroatoms. The average molecular weight is 386 g/mol. The number of fused-ring (bicyclic) bond motifs is 1. The number of ether oxygens (including phenoxy) is 1. The summed E-state index contributed by atoms with van der Waals surface area (Å²) < 4.78 is 7.84. The molecular formula is C25H26N2O2. The summed E-state index contributed by atoms with van der Waals surface area (Å²) >= 11 is 0. The van der Waals surface area contributed by atoms with Crippen molar-refractivity contribution < 1.29 is 9.84 Å². The van der Waals surface area contributed by atoms with Gasteiger partial charge in [-0.05, 0) is 68.7 Å². The molecule has 2 aromatic heterocycles. The molecule has 4 rings (SSSR count). The molecule has 29 heavy (non-hydrogen) atoms. The monoisotopic (exact) mass is 386 g/mol. The summed E-state index contributed by atoms with van der Waals surface area (Å²) in [5, 5.41) is 10.2. The molecule has 0 aliphatic rings. The van der Waals surface area contributed by atoms with E-state index in [0.29, 0.717) is 0 Å². The standard InChI is InChI=1S/C25H26N2O2/c1-17(2)29-22-12-7-18(8-13-22)20-9-14-24-26-15-23(27(24)16-20)19-5-10-21(11-6-19)25(3,4)28/h5-17,28H,1-4H3. The van der Waals surface area contributed by atoms with Crippen molar-refractivity contribution in [2.45, 2.75) is 39.4 Å². The van der Waals surface area contributed by atoms with Gasteiger partial charge in [-0.1, -0.05) is 36.4 Å². The predicted molar refractivity (Wildman–Crippen MR) is 117 cm³/mol. The van der Waals surface area contributed by atoms with E-state index in [1.807, 2.05) is 62.5 Å². The van der Waals surface area contributed by atoms with Crippen LogP contribution in [0.15, 0.2) is 73.1 Å². The molecule has 4 aromatic rings. The molecular weight excluding hydrogens is 360 g/mol. The Hall–Kier alpha value is -3.11. The van der Waals surface area contributed by atoms with Crippen molar-refractivity contribution >= 4 is 5.65 Å². The number of aliphatic hydroxyl groups is 1. The van der Waals surface area contributed by atoms with Crippen LogP contribution in [0.2, 0.25) is 0 Å². The first-order valence-corrected chi connectivity index (χ1v) is 9.89. The van der Waals surface area contributed by atoms with E-state index in [0.717, 1.165) is 39.3 Å². The van der Waals surface area contributed by atoms with E-state index in [2.05, 4.69) is 33.8 Å². The van der Waals surface area contributed by atoms with Gasteiger partial charge in [0.15, 0.2) is 0 Å². The summed E-state index contributed by atoms with van der Waals surface area (Å²) in [6, 6.07) is 20.3. The Bertz CT molecular complexity index is 1120. The first kappa shape index (κ1) is 19.2. The lowest BCUT2D eigenvalue weighted by Gasteiger charge is -2.17. The van der Waals surface area contributed by atoms with Crippen LogP contribution in [0.25, 0.3) is 28.0 Å². The summed E-state index contributed by atoms with van der Waals surface area (Å²) in [5.74, 6) is 0.875. The molecule has 1 N–H and O–H groups in total. The van der Waals surface area contributed by atoms with Crippen molar-refractivity contribution in [3.63, 3.8) is 0 Å². The Balaban J connectivity index is 1.69. The highest BCUT2D eigenvalue weighted by atomic mass is 16.5. The molecule has 4 nitrogen and oxygen atoms in total. The van der Waals surface area contributed by atoms with Gasteiger partial charge in [0.25, 0.3) is 0 Å². The van der Waals surface area contributed by atoms with Crippen LogP contribution >= 0.6 is 0 Å². The number of pyridine rings is 1. The molecule has 2 aromatic carbocycles. The van der Waals surface area contributed by atoms with Crippen molar-refractivity contribution in [1.29, 1.82) is 0 Å². The summed E-state index contributed by atoms with van der Waals surface area (Å²) in [5.41, 5.74) is 5.25. The minimum Gasteiger partial charge on any atom is -0.491 e. The number of hydrogen-bond donors (Lipinski definition) is 1. The van der Waals surface area contributed by atoms with Crippen LogP contribution in [0, 0.1) is 0 Å². The van der Waals surface area contributed by atoms with Gasteiger partial charge in [0.2, 0.25) is 0 Å². The van der Waals surface area contributed by atoms with Crippen LogP contribution in [0.3, 0.4) is 0 Å². The summed E-state index contributed by atoms with van der Waals surface area (Å²) in [6.07, 6.45) is 4.16. The maximum Gasteiger partial charge on any atom is 0.137 e. The molecule has 0 fully saturated rings. The molecule has 0 amide bonds. The minimum absolute atomic E-state index is 0.161. The second kappa shape index (κ2) is 7.37. The fraction of sp³-hybridized carbons (Fsp3) is 0.240. The van der Waals surface area contributed by atoms with Crippen molar-refractivity contribution in [3.8, 4) is 28.1 Å². The Labute approximate surface area is 171 Å². The molecule has 0 unspecified atom stereocenters. The molecule has 2 heterocycles. The molecule has 0 aliphatic carbocycles. The first-order valence-electron chi connectivity index (χ1n) is 9.89. The van der Waals surface area contributed by atoms with Gasteiger partial charge in [-0.2, -0.15) is 0 Å². The number of aromatic nitrogens is 2. The van der Waals surface area contributed by atoms with Crippen LogP contribution in [0.1, 0.15) is 33.3 Å². The van der Waals surface area contributed by atoms with Gasteiger partial charge in [-0.3, -0.25) is 4.40 Å². The third-order valence-corrected chi connectivity index (χ3v) is 4.95. The normalized spacial score (nSPS) is 11.9. The second-order valence-corrected chi connectivity index (χ2v) is 8.12.